The Morgan fingerprint density at radius 3 is 2.58 bits per heavy atom. The Kier molecular flexibility index (Phi) is 8.39. The summed E-state index contributed by atoms with van der Waals surface area (Å²) in [6, 6.07) is 10.5. The smallest absolute Gasteiger partial charge is 0.216 e. The van der Waals surface area contributed by atoms with Crippen LogP contribution in [0.3, 0.4) is 0 Å². The number of carbonyl (C=O) groups is 1. The van der Waals surface area contributed by atoms with Gasteiger partial charge in [-0.15, -0.1) is 11.8 Å². The maximum Gasteiger partial charge on any atom is 0.216 e. The third kappa shape index (κ3) is 7.93. The summed E-state index contributed by atoms with van der Waals surface area (Å²) in [5, 5.41) is 3.50. The normalized spacial score (nSPS) is 12.1. The summed E-state index contributed by atoms with van der Waals surface area (Å²) in [5.74, 6) is 0.0667. The van der Waals surface area contributed by atoms with Crippen LogP contribution in [0.5, 0.6) is 0 Å². The highest BCUT2D eigenvalue weighted by molar-refractivity contribution is 8.00. The van der Waals surface area contributed by atoms with E-state index in [-0.39, 0.29) is 5.91 Å². The van der Waals surface area contributed by atoms with E-state index in [1.165, 1.54) is 30.6 Å². The molecule has 0 aromatic heterocycles. The van der Waals surface area contributed by atoms with Gasteiger partial charge in [0.05, 0.1) is 0 Å². The number of benzene rings is 1. The van der Waals surface area contributed by atoms with E-state index in [4.69, 9.17) is 0 Å². The van der Waals surface area contributed by atoms with Crippen LogP contribution in [0.15, 0.2) is 35.2 Å². The molecular formula is C16H25NOS. The van der Waals surface area contributed by atoms with Crippen molar-refractivity contribution in [2.45, 2.75) is 56.1 Å². The van der Waals surface area contributed by atoms with Crippen molar-refractivity contribution < 1.29 is 4.79 Å². The lowest BCUT2D eigenvalue weighted by Gasteiger charge is -2.16. The fourth-order valence-corrected chi connectivity index (χ4v) is 3.20. The molecule has 0 heterocycles. The Hall–Kier alpha value is -0.960. The highest BCUT2D eigenvalue weighted by Gasteiger charge is 2.10. The Bertz CT molecular complexity index is 353. The van der Waals surface area contributed by atoms with Crippen molar-refractivity contribution in [2.75, 3.05) is 6.54 Å². The maximum absolute atomic E-state index is 10.9. The first-order chi connectivity index (χ1) is 9.22. The molecule has 1 rings (SSSR count). The zero-order valence-electron chi connectivity index (χ0n) is 12.0. The van der Waals surface area contributed by atoms with Crippen molar-refractivity contribution in [3.63, 3.8) is 0 Å². The third-order valence-corrected chi connectivity index (χ3v) is 4.36. The number of rotatable bonds is 9. The van der Waals surface area contributed by atoms with Gasteiger partial charge in [-0.05, 0) is 25.0 Å². The molecule has 0 bridgehead atoms. The summed E-state index contributed by atoms with van der Waals surface area (Å²) in [6.45, 7) is 4.60. The second-order valence-electron chi connectivity index (χ2n) is 4.82. The molecule has 1 unspecified atom stereocenters. The van der Waals surface area contributed by atoms with E-state index in [1.807, 2.05) is 17.8 Å². The van der Waals surface area contributed by atoms with Gasteiger partial charge in [0, 0.05) is 23.6 Å². The summed E-state index contributed by atoms with van der Waals surface area (Å²) in [6.07, 6.45) is 6.11. The van der Waals surface area contributed by atoms with Gasteiger partial charge in [-0.25, -0.2) is 0 Å². The molecule has 0 saturated carbocycles. The molecule has 0 radical (unpaired) electrons. The second kappa shape index (κ2) is 9.90. The van der Waals surface area contributed by atoms with Crippen LogP contribution in [-0.2, 0) is 4.79 Å². The monoisotopic (exact) mass is 279 g/mol. The van der Waals surface area contributed by atoms with E-state index >= 15 is 0 Å². The SMILES string of the molecule is CCCCCC(CCNC(C)=O)Sc1ccccc1. The van der Waals surface area contributed by atoms with Crippen LogP contribution in [-0.4, -0.2) is 17.7 Å². The molecule has 0 aliphatic carbocycles. The number of hydrogen-bond donors (Lipinski definition) is 1. The van der Waals surface area contributed by atoms with E-state index in [1.54, 1.807) is 6.92 Å². The van der Waals surface area contributed by atoms with Gasteiger partial charge in [-0.2, -0.15) is 0 Å². The van der Waals surface area contributed by atoms with E-state index in [9.17, 15) is 4.79 Å². The molecule has 3 heteroatoms. The van der Waals surface area contributed by atoms with Gasteiger partial charge < -0.3 is 5.32 Å². The van der Waals surface area contributed by atoms with Gasteiger partial charge in [0.15, 0.2) is 0 Å². The molecule has 1 N–H and O–H groups in total. The Balaban J connectivity index is 2.41. The fraction of sp³-hybridized carbons (Fsp3) is 0.562. The van der Waals surface area contributed by atoms with Crippen molar-refractivity contribution >= 4 is 17.7 Å². The molecule has 0 saturated heterocycles. The second-order valence-corrected chi connectivity index (χ2v) is 6.19. The van der Waals surface area contributed by atoms with Gasteiger partial charge >= 0.3 is 0 Å². The molecular weight excluding hydrogens is 254 g/mol. The molecule has 0 fully saturated rings. The van der Waals surface area contributed by atoms with Crippen LogP contribution in [0.1, 0.15) is 46.0 Å². The first-order valence-electron chi connectivity index (χ1n) is 7.18. The van der Waals surface area contributed by atoms with Crippen LogP contribution < -0.4 is 5.32 Å². The first-order valence-corrected chi connectivity index (χ1v) is 8.06. The molecule has 106 valence electrons. The van der Waals surface area contributed by atoms with Crippen LogP contribution in [0.2, 0.25) is 0 Å². The van der Waals surface area contributed by atoms with Crippen molar-refractivity contribution in [1.29, 1.82) is 0 Å². The summed E-state index contributed by atoms with van der Waals surface area (Å²) in [4.78, 5) is 12.3. The van der Waals surface area contributed by atoms with Crippen molar-refractivity contribution in [1.82, 2.24) is 5.32 Å². The summed E-state index contributed by atoms with van der Waals surface area (Å²) in [5.41, 5.74) is 0. The lowest BCUT2D eigenvalue weighted by atomic mass is 10.1. The van der Waals surface area contributed by atoms with Gasteiger partial charge in [0.2, 0.25) is 5.91 Å². The summed E-state index contributed by atoms with van der Waals surface area (Å²) >= 11 is 1.94. The topological polar surface area (TPSA) is 29.1 Å². The Labute approximate surface area is 121 Å². The summed E-state index contributed by atoms with van der Waals surface area (Å²) < 4.78 is 0. The minimum atomic E-state index is 0.0667. The molecule has 0 aliphatic heterocycles. The Morgan fingerprint density at radius 1 is 1.21 bits per heavy atom. The van der Waals surface area contributed by atoms with E-state index < -0.39 is 0 Å². The average Bonchev–Trinajstić information content (AvgIpc) is 2.39. The van der Waals surface area contributed by atoms with Crippen LogP contribution >= 0.6 is 11.8 Å². The molecule has 0 aliphatic rings. The highest BCUT2D eigenvalue weighted by Crippen LogP contribution is 2.28. The fourth-order valence-electron chi connectivity index (χ4n) is 1.98. The molecule has 0 spiro atoms. The van der Waals surface area contributed by atoms with Crippen molar-refractivity contribution in [3.05, 3.63) is 30.3 Å². The molecule has 1 amide bonds. The molecule has 2 nitrogen and oxygen atoms in total. The van der Waals surface area contributed by atoms with E-state index in [2.05, 4.69) is 36.5 Å². The highest BCUT2D eigenvalue weighted by atomic mass is 32.2. The minimum absolute atomic E-state index is 0.0667. The quantitative estimate of drug-likeness (QED) is 0.541. The van der Waals surface area contributed by atoms with Crippen molar-refractivity contribution in [3.8, 4) is 0 Å². The standard InChI is InChI=1S/C16H25NOS/c1-3-4-6-9-16(12-13-17-14(2)18)19-15-10-7-5-8-11-15/h5,7-8,10-11,16H,3-4,6,9,12-13H2,1-2H3,(H,17,18). The lowest BCUT2D eigenvalue weighted by Crippen LogP contribution is -2.23. The molecule has 1 aromatic rings. The number of carbonyl (C=O) groups excluding carboxylic acids is 1. The third-order valence-electron chi connectivity index (χ3n) is 3.02. The molecule has 1 aromatic carbocycles. The first kappa shape index (κ1) is 16.1. The van der Waals surface area contributed by atoms with Gasteiger partial charge in [-0.1, -0.05) is 44.4 Å². The summed E-state index contributed by atoms with van der Waals surface area (Å²) in [7, 11) is 0. The molecule has 1 atom stereocenters. The van der Waals surface area contributed by atoms with Crippen LogP contribution in [0, 0.1) is 0 Å². The number of nitrogens with one attached hydrogen (secondary N) is 1. The van der Waals surface area contributed by atoms with Gasteiger partial charge in [0.25, 0.3) is 0 Å². The van der Waals surface area contributed by atoms with Crippen molar-refractivity contribution in [2.24, 2.45) is 0 Å². The van der Waals surface area contributed by atoms with Crippen LogP contribution in [0.25, 0.3) is 0 Å². The predicted octanol–water partition coefficient (Wildman–Crippen LogP) is 4.25. The lowest BCUT2D eigenvalue weighted by molar-refractivity contribution is -0.118. The van der Waals surface area contributed by atoms with Gasteiger partial charge in [-0.3, -0.25) is 4.79 Å². The van der Waals surface area contributed by atoms with E-state index in [0.717, 1.165) is 13.0 Å². The minimum Gasteiger partial charge on any atom is -0.356 e. The predicted molar refractivity (Wildman–Crippen MR) is 83.5 cm³/mol. The van der Waals surface area contributed by atoms with Crippen LogP contribution in [0.4, 0.5) is 0 Å². The number of hydrogen-bond acceptors (Lipinski definition) is 2. The maximum atomic E-state index is 10.9. The number of amides is 1. The average molecular weight is 279 g/mol. The number of unbranched alkanes of at least 4 members (excludes halogenated alkanes) is 2. The van der Waals surface area contributed by atoms with E-state index in [0.29, 0.717) is 5.25 Å². The molecule has 19 heavy (non-hydrogen) atoms. The largest absolute Gasteiger partial charge is 0.356 e. The Morgan fingerprint density at radius 2 is 1.95 bits per heavy atom. The van der Waals surface area contributed by atoms with Gasteiger partial charge in [0.1, 0.15) is 0 Å². The number of thioether (sulfide) groups is 1. The zero-order valence-corrected chi connectivity index (χ0v) is 12.8. The zero-order chi connectivity index (χ0) is 13.9.